The number of hydrogen-bond acceptors (Lipinski definition) is 1. The third-order valence-corrected chi connectivity index (χ3v) is 13.9. The molecule has 1 aliphatic heterocycles. The van der Waals surface area contributed by atoms with Gasteiger partial charge in [0.1, 0.15) is 0 Å². The monoisotopic (exact) mass is 624 g/mol. The number of nitrogens with zero attached hydrogens (tertiary/aromatic N) is 2. The second kappa shape index (κ2) is 10.7. The molecule has 0 radical (unpaired) electrons. The summed E-state index contributed by atoms with van der Waals surface area (Å²) in [5.74, 6) is 0. The van der Waals surface area contributed by atoms with Gasteiger partial charge in [-0.1, -0.05) is 133 Å². The Morgan fingerprint density at radius 1 is 0.435 bits per heavy atom. The molecule has 218 valence electrons. The fourth-order valence-electron chi connectivity index (χ4n) is 7.10. The molecule has 2 nitrogen and oxygen atoms in total. The summed E-state index contributed by atoms with van der Waals surface area (Å²) >= 11 is 6.91. The van der Waals surface area contributed by atoms with Gasteiger partial charge in [-0.15, -0.1) is 0 Å². The smallest absolute Gasteiger partial charge is 0.0979 e. The largest absolute Gasteiger partial charge is 0.309 e. The van der Waals surface area contributed by atoms with Crippen LogP contribution in [0.15, 0.2) is 176 Å². The van der Waals surface area contributed by atoms with Gasteiger partial charge in [-0.25, -0.2) is 0 Å². The number of aromatic nitrogens is 1. The summed E-state index contributed by atoms with van der Waals surface area (Å²) in [7, 11) is 0. The number of anilines is 2. The summed E-state index contributed by atoms with van der Waals surface area (Å²) in [6.07, 6.45) is -2.47. The number of fused-ring (bicyclic) bond motifs is 6. The Morgan fingerprint density at radius 2 is 1.02 bits per heavy atom. The first-order chi connectivity index (χ1) is 22.7. The number of rotatable bonds is 4. The van der Waals surface area contributed by atoms with Gasteiger partial charge in [0.05, 0.1) is 22.9 Å². The topological polar surface area (TPSA) is 8.17 Å². The molecule has 1 atom stereocenters. The summed E-state index contributed by atoms with van der Waals surface area (Å²) in [6.45, 7) is 0. The van der Waals surface area contributed by atoms with Crippen LogP contribution in [0.3, 0.4) is 0 Å². The zero-order valence-corrected chi connectivity index (χ0v) is 26.7. The fourth-order valence-corrected chi connectivity index (χ4v) is 11.5. The van der Waals surface area contributed by atoms with Gasteiger partial charge in [0.2, 0.25) is 0 Å². The molecule has 0 aliphatic carbocycles. The van der Waals surface area contributed by atoms with Crippen LogP contribution in [0, 0.1) is 0 Å². The first-order valence-corrected chi connectivity index (χ1v) is 18.3. The van der Waals surface area contributed by atoms with Gasteiger partial charge in [0.25, 0.3) is 0 Å². The molecule has 0 spiro atoms. The van der Waals surface area contributed by atoms with Gasteiger partial charge in [-0.05, 0) is 71.3 Å². The van der Waals surface area contributed by atoms with Crippen LogP contribution in [0.4, 0.5) is 11.4 Å². The molecule has 0 saturated carbocycles. The van der Waals surface area contributed by atoms with Gasteiger partial charge >= 0.3 is 0 Å². The molecule has 4 heteroatoms. The first-order valence-electron chi connectivity index (χ1n) is 15.6. The Kier molecular flexibility index (Phi) is 6.31. The average Bonchev–Trinajstić information content (AvgIpc) is 3.46. The highest BCUT2D eigenvalue weighted by molar-refractivity contribution is 8.23. The maximum absolute atomic E-state index is 6.91. The Hall–Kier alpha value is -5.21. The number of hydrogen-bond donors (Lipinski definition) is 0. The van der Waals surface area contributed by atoms with Crippen molar-refractivity contribution >= 4 is 61.8 Å². The number of para-hydroxylation sites is 4. The van der Waals surface area contributed by atoms with Crippen molar-refractivity contribution in [1.82, 2.24) is 4.57 Å². The average molecular weight is 625 g/mol. The highest BCUT2D eigenvalue weighted by Gasteiger charge is 2.39. The molecule has 1 aliphatic rings. The quantitative estimate of drug-likeness (QED) is 0.180. The Balaban J connectivity index is 1.27. The summed E-state index contributed by atoms with van der Waals surface area (Å²) in [5, 5.41) is 4.92. The summed E-state index contributed by atoms with van der Waals surface area (Å²) in [4.78, 5) is 0. The van der Waals surface area contributed by atoms with E-state index in [1.807, 2.05) is 0 Å². The van der Waals surface area contributed by atoms with E-state index in [1.54, 1.807) is 0 Å². The van der Waals surface area contributed by atoms with E-state index in [0.29, 0.717) is 0 Å². The van der Waals surface area contributed by atoms with Crippen molar-refractivity contribution in [1.29, 1.82) is 0 Å². The van der Waals surface area contributed by atoms with E-state index in [-0.39, 0.29) is 0 Å². The van der Waals surface area contributed by atoms with Crippen molar-refractivity contribution in [3.05, 3.63) is 176 Å². The van der Waals surface area contributed by atoms with Crippen LogP contribution in [0.5, 0.6) is 0 Å². The van der Waals surface area contributed by atoms with Gasteiger partial charge in [0.15, 0.2) is 0 Å². The summed E-state index contributed by atoms with van der Waals surface area (Å²) < 4.78 is 4.81. The molecule has 2 heterocycles. The third-order valence-electron chi connectivity index (χ3n) is 9.15. The van der Waals surface area contributed by atoms with Crippen LogP contribution in [0.25, 0.3) is 49.7 Å². The molecule has 8 aromatic rings. The predicted octanol–water partition coefficient (Wildman–Crippen LogP) is 10.6. The highest BCUT2D eigenvalue weighted by atomic mass is 32.4. The lowest BCUT2D eigenvalue weighted by Gasteiger charge is -2.43. The molecule has 46 heavy (non-hydrogen) atoms. The second-order valence-corrected chi connectivity index (χ2v) is 15.9. The van der Waals surface area contributed by atoms with Crippen molar-refractivity contribution < 1.29 is 0 Å². The Bertz CT molecular complexity index is 2450. The maximum atomic E-state index is 6.91. The van der Waals surface area contributed by atoms with Crippen LogP contribution < -0.4 is 15.3 Å². The molecule has 0 amide bonds. The number of benzene rings is 7. The van der Waals surface area contributed by atoms with E-state index in [2.05, 4.69) is 185 Å². The van der Waals surface area contributed by atoms with E-state index in [1.165, 1.54) is 60.4 Å². The van der Waals surface area contributed by atoms with Crippen molar-refractivity contribution in [2.45, 2.75) is 0 Å². The van der Waals surface area contributed by atoms with Crippen LogP contribution in [0.2, 0.25) is 0 Å². The Labute approximate surface area is 273 Å². The minimum absolute atomic E-state index is 1.12. The zero-order valence-electron chi connectivity index (χ0n) is 25.0. The van der Waals surface area contributed by atoms with Gasteiger partial charge in [-0.2, -0.15) is 0 Å². The standard InChI is InChI=1S/C42H29N2PS/c46-45(34-18-8-3-9-19-34)42-27-25-31(29-38(42)36-21-11-13-23-41(36)44(45)33-16-6-2-7-17-33)30-24-26-40-37(28-30)35-20-10-12-22-39(35)43(40)32-14-4-1-5-15-32/h1-29H. The molecule has 0 fully saturated rings. The van der Waals surface area contributed by atoms with E-state index in [9.17, 15) is 0 Å². The zero-order chi connectivity index (χ0) is 30.7. The summed E-state index contributed by atoms with van der Waals surface area (Å²) in [6, 6.07) is 63.3. The predicted molar refractivity (Wildman–Crippen MR) is 200 cm³/mol. The minimum atomic E-state index is -2.47. The molecule has 0 bridgehead atoms. The molecule has 7 aromatic carbocycles. The molecular formula is C42H29N2PS. The van der Waals surface area contributed by atoms with Gasteiger partial charge in [-0.3, -0.25) is 0 Å². The normalized spacial score (nSPS) is 15.5. The fraction of sp³-hybridized carbons (Fsp3) is 0. The van der Waals surface area contributed by atoms with E-state index in [4.69, 9.17) is 11.8 Å². The second-order valence-electron chi connectivity index (χ2n) is 11.7. The SMILES string of the molecule is S=P1(c2ccccc2)c2ccc(-c3ccc4c(c3)c3ccccc3n4-c3ccccc3)cc2-c2ccccc2N1c1ccccc1. The van der Waals surface area contributed by atoms with Gasteiger partial charge in [0, 0.05) is 38.3 Å². The lowest BCUT2D eigenvalue weighted by atomic mass is 9.96. The van der Waals surface area contributed by atoms with E-state index >= 15 is 0 Å². The molecule has 0 N–H and O–H groups in total. The van der Waals surface area contributed by atoms with Crippen LogP contribution >= 0.6 is 6.19 Å². The lowest BCUT2D eigenvalue weighted by molar-refractivity contribution is 1.18. The lowest BCUT2D eigenvalue weighted by Crippen LogP contribution is -2.33. The van der Waals surface area contributed by atoms with Crippen molar-refractivity contribution in [3.8, 4) is 27.9 Å². The molecule has 0 saturated heterocycles. The van der Waals surface area contributed by atoms with Gasteiger partial charge < -0.3 is 9.24 Å². The first kappa shape index (κ1) is 27.1. The summed E-state index contributed by atoms with van der Waals surface area (Å²) in [5.41, 5.74) is 10.7. The van der Waals surface area contributed by atoms with Crippen LogP contribution in [0.1, 0.15) is 0 Å². The third kappa shape index (κ3) is 4.06. The molecular weight excluding hydrogens is 596 g/mol. The molecule has 9 rings (SSSR count). The minimum Gasteiger partial charge on any atom is -0.309 e. The van der Waals surface area contributed by atoms with E-state index < -0.39 is 6.19 Å². The van der Waals surface area contributed by atoms with Crippen LogP contribution in [-0.4, -0.2) is 4.57 Å². The Morgan fingerprint density at radius 3 is 1.80 bits per heavy atom. The van der Waals surface area contributed by atoms with Crippen molar-refractivity contribution in [2.75, 3.05) is 4.67 Å². The molecule has 1 aromatic heterocycles. The highest BCUT2D eigenvalue weighted by Crippen LogP contribution is 2.61. The maximum Gasteiger partial charge on any atom is 0.0979 e. The molecule has 1 unspecified atom stereocenters. The van der Waals surface area contributed by atoms with Crippen molar-refractivity contribution in [2.24, 2.45) is 0 Å². The van der Waals surface area contributed by atoms with Crippen LogP contribution in [-0.2, 0) is 11.8 Å². The van der Waals surface area contributed by atoms with Crippen molar-refractivity contribution in [3.63, 3.8) is 0 Å². The van der Waals surface area contributed by atoms with E-state index in [0.717, 1.165) is 11.4 Å².